The van der Waals surface area contributed by atoms with Crippen molar-refractivity contribution in [2.75, 3.05) is 5.32 Å². The van der Waals surface area contributed by atoms with Crippen LogP contribution in [0.2, 0.25) is 0 Å². The maximum absolute atomic E-state index is 12.1. The van der Waals surface area contributed by atoms with Crippen molar-refractivity contribution in [1.82, 2.24) is 9.71 Å². The number of nitro benzene ring substituents is 1. The van der Waals surface area contributed by atoms with Crippen LogP contribution in [0.25, 0.3) is 22.4 Å². The first-order chi connectivity index (χ1) is 13.0. The zero-order valence-corrected chi connectivity index (χ0v) is 13.7. The molecule has 9 heteroatoms. The number of hydrogen-bond donors (Lipinski definition) is 2. The quantitative estimate of drug-likeness (QED) is 0.323. The smallest absolute Gasteiger partial charge is 0.291 e. The number of aromatic nitrogens is 2. The summed E-state index contributed by atoms with van der Waals surface area (Å²) >= 11 is 0. The van der Waals surface area contributed by atoms with Gasteiger partial charge in [-0.2, -0.15) is 4.73 Å². The SMILES string of the molecule is O=C(Nc1cccc(-c2nc3ccc([N+](=O)[O-])cc3n2O)c1)c1ccco1. The Balaban J connectivity index is 1.70. The average Bonchev–Trinajstić information content (AvgIpc) is 3.30. The molecule has 2 aromatic heterocycles. The minimum absolute atomic E-state index is 0.149. The molecular formula is C18H12N4O5. The molecule has 0 aliphatic carbocycles. The normalized spacial score (nSPS) is 10.8. The Bertz CT molecular complexity index is 1160. The van der Waals surface area contributed by atoms with Gasteiger partial charge >= 0.3 is 0 Å². The monoisotopic (exact) mass is 364 g/mol. The van der Waals surface area contributed by atoms with E-state index in [1.54, 1.807) is 36.4 Å². The summed E-state index contributed by atoms with van der Waals surface area (Å²) in [6, 6.07) is 13.9. The van der Waals surface area contributed by atoms with Gasteiger partial charge in [-0.15, -0.1) is 0 Å². The molecule has 0 spiro atoms. The molecule has 4 rings (SSSR count). The predicted octanol–water partition coefficient (Wildman–Crippen LogP) is 3.69. The highest BCUT2D eigenvalue weighted by Crippen LogP contribution is 2.27. The number of imidazole rings is 1. The molecule has 9 nitrogen and oxygen atoms in total. The molecule has 0 atom stereocenters. The molecule has 0 aliphatic rings. The molecule has 0 unspecified atom stereocenters. The van der Waals surface area contributed by atoms with Crippen molar-refractivity contribution in [3.63, 3.8) is 0 Å². The summed E-state index contributed by atoms with van der Waals surface area (Å²) in [7, 11) is 0. The Morgan fingerprint density at radius 3 is 2.78 bits per heavy atom. The van der Waals surface area contributed by atoms with Crippen molar-refractivity contribution in [1.29, 1.82) is 0 Å². The molecule has 27 heavy (non-hydrogen) atoms. The van der Waals surface area contributed by atoms with Crippen molar-refractivity contribution in [2.45, 2.75) is 0 Å². The fourth-order valence-corrected chi connectivity index (χ4v) is 2.69. The molecule has 4 aromatic rings. The zero-order valence-electron chi connectivity index (χ0n) is 13.7. The van der Waals surface area contributed by atoms with Crippen LogP contribution in [0.5, 0.6) is 0 Å². The summed E-state index contributed by atoms with van der Waals surface area (Å²) in [6.07, 6.45) is 1.40. The van der Waals surface area contributed by atoms with E-state index < -0.39 is 10.8 Å². The van der Waals surface area contributed by atoms with Crippen LogP contribution in [0, 0.1) is 10.1 Å². The molecule has 0 aliphatic heterocycles. The second-order valence-corrected chi connectivity index (χ2v) is 5.69. The van der Waals surface area contributed by atoms with Crippen LogP contribution in [0.1, 0.15) is 10.6 Å². The molecule has 0 saturated heterocycles. The van der Waals surface area contributed by atoms with Crippen LogP contribution in [0.4, 0.5) is 11.4 Å². The number of fused-ring (bicyclic) bond motifs is 1. The van der Waals surface area contributed by atoms with Gasteiger partial charge in [-0.05, 0) is 30.3 Å². The van der Waals surface area contributed by atoms with Gasteiger partial charge in [0, 0.05) is 23.4 Å². The molecule has 2 aromatic carbocycles. The first kappa shape index (κ1) is 16.3. The van der Waals surface area contributed by atoms with E-state index in [-0.39, 0.29) is 22.8 Å². The number of non-ortho nitro benzene ring substituents is 1. The molecule has 0 radical (unpaired) electrons. The Morgan fingerprint density at radius 1 is 1.19 bits per heavy atom. The maximum atomic E-state index is 12.1. The molecule has 2 heterocycles. The Kier molecular flexibility index (Phi) is 3.81. The molecule has 0 saturated carbocycles. The summed E-state index contributed by atoms with van der Waals surface area (Å²) in [4.78, 5) is 26.8. The molecule has 2 N–H and O–H groups in total. The van der Waals surface area contributed by atoms with Gasteiger partial charge in [0.1, 0.15) is 5.52 Å². The highest BCUT2D eigenvalue weighted by molar-refractivity contribution is 6.02. The van der Waals surface area contributed by atoms with Gasteiger partial charge < -0.3 is 14.9 Å². The van der Waals surface area contributed by atoms with Crippen molar-refractivity contribution in [3.05, 3.63) is 76.7 Å². The number of rotatable bonds is 4. The first-order valence-electron chi connectivity index (χ1n) is 7.84. The van der Waals surface area contributed by atoms with Gasteiger partial charge in [0.05, 0.1) is 16.7 Å². The standard InChI is InChI=1S/C18H12N4O5/c23-18(16-5-2-8-27-16)19-12-4-1-3-11(9-12)17-20-14-7-6-13(22(25)26)10-15(14)21(17)24/h1-10,24H,(H,19,23). The Hall–Kier alpha value is -4.14. The van der Waals surface area contributed by atoms with Crippen molar-refractivity contribution < 1.29 is 19.3 Å². The molecule has 0 fully saturated rings. The van der Waals surface area contributed by atoms with Crippen LogP contribution >= 0.6 is 0 Å². The largest absolute Gasteiger partial charge is 0.459 e. The number of nitrogens with one attached hydrogen (secondary N) is 1. The number of nitrogens with zero attached hydrogens (tertiary/aromatic N) is 3. The van der Waals surface area contributed by atoms with Crippen LogP contribution in [-0.2, 0) is 0 Å². The number of anilines is 1. The molecular weight excluding hydrogens is 352 g/mol. The number of nitro groups is 1. The third-order valence-corrected chi connectivity index (χ3v) is 3.95. The van der Waals surface area contributed by atoms with Gasteiger partial charge in [0.2, 0.25) is 0 Å². The number of carbonyl (C=O) groups excluding carboxylic acids is 1. The van der Waals surface area contributed by atoms with Crippen LogP contribution < -0.4 is 5.32 Å². The third kappa shape index (κ3) is 2.97. The van der Waals surface area contributed by atoms with E-state index in [1.807, 2.05) is 0 Å². The fraction of sp³-hybridized carbons (Fsp3) is 0. The fourth-order valence-electron chi connectivity index (χ4n) is 2.69. The molecule has 134 valence electrons. The van der Waals surface area contributed by atoms with Crippen LogP contribution in [0.15, 0.2) is 65.3 Å². The number of amides is 1. The zero-order chi connectivity index (χ0) is 19.0. The van der Waals surface area contributed by atoms with E-state index in [0.717, 1.165) is 4.73 Å². The van der Waals surface area contributed by atoms with E-state index in [2.05, 4.69) is 10.3 Å². The molecule has 1 amide bonds. The molecule has 0 bridgehead atoms. The van der Waals surface area contributed by atoms with E-state index in [9.17, 15) is 20.1 Å². The van der Waals surface area contributed by atoms with Crippen molar-refractivity contribution >= 4 is 28.3 Å². The van der Waals surface area contributed by atoms with E-state index in [0.29, 0.717) is 16.8 Å². The predicted molar refractivity (Wildman–Crippen MR) is 95.7 cm³/mol. The lowest BCUT2D eigenvalue weighted by molar-refractivity contribution is -0.384. The van der Waals surface area contributed by atoms with Gasteiger partial charge in [0.25, 0.3) is 11.6 Å². The van der Waals surface area contributed by atoms with Crippen LogP contribution in [0.3, 0.4) is 0 Å². The van der Waals surface area contributed by atoms with Gasteiger partial charge in [-0.25, -0.2) is 4.98 Å². The van der Waals surface area contributed by atoms with Gasteiger partial charge in [-0.1, -0.05) is 12.1 Å². The highest BCUT2D eigenvalue weighted by Gasteiger charge is 2.16. The summed E-state index contributed by atoms with van der Waals surface area (Å²) in [5.41, 5.74) is 1.47. The number of hydrogen-bond acceptors (Lipinski definition) is 6. The lowest BCUT2D eigenvalue weighted by Gasteiger charge is -2.06. The highest BCUT2D eigenvalue weighted by atomic mass is 16.6. The first-order valence-corrected chi connectivity index (χ1v) is 7.84. The second kappa shape index (κ2) is 6.30. The van der Waals surface area contributed by atoms with E-state index >= 15 is 0 Å². The second-order valence-electron chi connectivity index (χ2n) is 5.69. The number of benzene rings is 2. The topological polar surface area (TPSA) is 123 Å². The van der Waals surface area contributed by atoms with Gasteiger partial charge in [-0.3, -0.25) is 14.9 Å². The summed E-state index contributed by atoms with van der Waals surface area (Å²) in [6.45, 7) is 0. The number of carbonyl (C=O) groups is 1. The Morgan fingerprint density at radius 2 is 2.04 bits per heavy atom. The average molecular weight is 364 g/mol. The lowest BCUT2D eigenvalue weighted by Crippen LogP contribution is -2.10. The van der Waals surface area contributed by atoms with E-state index in [1.165, 1.54) is 24.5 Å². The maximum Gasteiger partial charge on any atom is 0.291 e. The van der Waals surface area contributed by atoms with E-state index in [4.69, 9.17) is 4.42 Å². The minimum atomic E-state index is -0.545. The Labute approximate surface area is 151 Å². The van der Waals surface area contributed by atoms with Crippen molar-refractivity contribution in [2.24, 2.45) is 0 Å². The third-order valence-electron chi connectivity index (χ3n) is 3.95. The van der Waals surface area contributed by atoms with Crippen LogP contribution in [-0.4, -0.2) is 25.8 Å². The summed E-state index contributed by atoms with van der Waals surface area (Å²) in [5, 5.41) is 24.0. The number of furan rings is 1. The summed E-state index contributed by atoms with van der Waals surface area (Å²) in [5.74, 6) is -0.0491. The minimum Gasteiger partial charge on any atom is -0.459 e. The van der Waals surface area contributed by atoms with Crippen molar-refractivity contribution in [3.8, 4) is 11.4 Å². The van der Waals surface area contributed by atoms with Gasteiger partial charge in [0.15, 0.2) is 11.6 Å². The summed E-state index contributed by atoms with van der Waals surface area (Å²) < 4.78 is 5.84. The lowest BCUT2D eigenvalue weighted by atomic mass is 10.2.